The molecule has 0 unspecified atom stereocenters. The van der Waals surface area contributed by atoms with E-state index in [4.69, 9.17) is 4.74 Å². The van der Waals surface area contributed by atoms with Crippen molar-refractivity contribution in [3.8, 4) is 0 Å². The molecule has 0 aromatic heterocycles. The second-order valence-corrected chi connectivity index (χ2v) is 6.26. The summed E-state index contributed by atoms with van der Waals surface area (Å²) in [4.78, 5) is 0. The summed E-state index contributed by atoms with van der Waals surface area (Å²) in [5.41, 5.74) is 0.487. The van der Waals surface area contributed by atoms with Gasteiger partial charge in [0.15, 0.2) is 0 Å². The van der Waals surface area contributed by atoms with Crippen molar-refractivity contribution < 1.29 is 4.74 Å². The van der Waals surface area contributed by atoms with E-state index < -0.39 is 0 Å². The lowest BCUT2D eigenvalue weighted by Crippen LogP contribution is -2.42. The van der Waals surface area contributed by atoms with Crippen LogP contribution in [0.15, 0.2) is 0 Å². The predicted molar refractivity (Wildman–Crippen MR) is 67.6 cm³/mol. The first-order valence-corrected chi connectivity index (χ1v) is 6.99. The van der Waals surface area contributed by atoms with Crippen molar-refractivity contribution in [2.75, 3.05) is 19.8 Å². The highest BCUT2D eigenvalue weighted by Crippen LogP contribution is 2.30. The molecule has 0 aromatic carbocycles. The van der Waals surface area contributed by atoms with E-state index in [1.54, 1.807) is 0 Å². The molecular weight excluding hydrogens is 198 g/mol. The van der Waals surface area contributed by atoms with Crippen molar-refractivity contribution in [2.45, 2.75) is 58.4 Å². The molecule has 1 heterocycles. The predicted octanol–water partition coefficient (Wildman–Crippen LogP) is 2.97. The second-order valence-electron chi connectivity index (χ2n) is 6.26. The van der Waals surface area contributed by atoms with Gasteiger partial charge in [-0.2, -0.15) is 0 Å². The first-order valence-electron chi connectivity index (χ1n) is 6.99. The van der Waals surface area contributed by atoms with Crippen molar-refractivity contribution in [3.05, 3.63) is 0 Å². The first-order chi connectivity index (χ1) is 7.68. The molecule has 16 heavy (non-hydrogen) atoms. The average Bonchev–Trinajstić information content (AvgIpc) is 2.29. The molecule has 2 fully saturated rings. The number of hydrogen-bond donors (Lipinski definition) is 1. The zero-order valence-corrected chi connectivity index (χ0v) is 10.9. The lowest BCUT2D eigenvalue weighted by molar-refractivity contribution is 0.0221. The third-order valence-corrected chi connectivity index (χ3v) is 4.53. The Morgan fingerprint density at radius 1 is 1.12 bits per heavy atom. The minimum Gasteiger partial charge on any atom is -0.381 e. The maximum Gasteiger partial charge on any atom is 0.0471 e. The van der Waals surface area contributed by atoms with Crippen molar-refractivity contribution in [1.29, 1.82) is 0 Å². The largest absolute Gasteiger partial charge is 0.381 e. The summed E-state index contributed by atoms with van der Waals surface area (Å²) in [5.74, 6) is 0.955. The summed E-state index contributed by atoms with van der Waals surface area (Å²) in [6.45, 7) is 7.90. The molecule has 0 spiro atoms. The van der Waals surface area contributed by atoms with E-state index >= 15 is 0 Å². The van der Waals surface area contributed by atoms with Gasteiger partial charge in [-0.1, -0.05) is 13.8 Å². The molecule has 1 aliphatic carbocycles. The van der Waals surface area contributed by atoms with Crippen LogP contribution in [0.25, 0.3) is 0 Å². The maximum atomic E-state index is 5.44. The van der Waals surface area contributed by atoms with Crippen LogP contribution >= 0.6 is 0 Å². The molecule has 0 aromatic rings. The van der Waals surface area contributed by atoms with E-state index in [0.717, 1.165) is 25.2 Å². The summed E-state index contributed by atoms with van der Waals surface area (Å²) in [7, 11) is 0. The molecule has 0 amide bonds. The van der Waals surface area contributed by atoms with E-state index in [1.165, 1.54) is 45.1 Å². The van der Waals surface area contributed by atoms with Crippen LogP contribution in [0.2, 0.25) is 0 Å². The van der Waals surface area contributed by atoms with Gasteiger partial charge in [-0.05, 0) is 49.9 Å². The number of ether oxygens (including phenoxy) is 1. The fourth-order valence-electron chi connectivity index (χ4n) is 2.90. The Morgan fingerprint density at radius 3 is 2.38 bits per heavy atom. The van der Waals surface area contributed by atoms with Crippen molar-refractivity contribution in [1.82, 2.24) is 5.32 Å². The lowest BCUT2D eigenvalue weighted by atomic mass is 9.81. The standard InChI is InChI=1S/C14H27NO/c1-12-3-5-13(6-4-12)15-11-14(2)7-9-16-10-8-14/h12-13,15H,3-11H2,1-2H3. The zero-order valence-electron chi connectivity index (χ0n) is 10.9. The van der Waals surface area contributed by atoms with Crippen LogP contribution in [-0.2, 0) is 4.74 Å². The summed E-state index contributed by atoms with van der Waals surface area (Å²) in [6.07, 6.45) is 8.04. The summed E-state index contributed by atoms with van der Waals surface area (Å²) < 4.78 is 5.44. The average molecular weight is 225 g/mol. The van der Waals surface area contributed by atoms with Gasteiger partial charge in [0.05, 0.1) is 0 Å². The van der Waals surface area contributed by atoms with Gasteiger partial charge in [0, 0.05) is 25.8 Å². The Balaban J connectivity index is 1.70. The summed E-state index contributed by atoms with van der Waals surface area (Å²) in [6, 6.07) is 0.788. The minimum atomic E-state index is 0.487. The fraction of sp³-hybridized carbons (Fsp3) is 1.00. The van der Waals surface area contributed by atoms with Gasteiger partial charge in [0.25, 0.3) is 0 Å². The number of nitrogens with one attached hydrogen (secondary N) is 1. The van der Waals surface area contributed by atoms with E-state index in [9.17, 15) is 0 Å². The second kappa shape index (κ2) is 5.50. The highest BCUT2D eigenvalue weighted by atomic mass is 16.5. The summed E-state index contributed by atoms with van der Waals surface area (Å²) >= 11 is 0. The van der Waals surface area contributed by atoms with Crippen molar-refractivity contribution >= 4 is 0 Å². The Kier molecular flexibility index (Phi) is 4.26. The monoisotopic (exact) mass is 225 g/mol. The van der Waals surface area contributed by atoms with Crippen LogP contribution in [-0.4, -0.2) is 25.8 Å². The van der Waals surface area contributed by atoms with Gasteiger partial charge >= 0.3 is 0 Å². The lowest BCUT2D eigenvalue weighted by Gasteiger charge is -2.36. The van der Waals surface area contributed by atoms with E-state index in [0.29, 0.717) is 5.41 Å². The number of hydrogen-bond acceptors (Lipinski definition) is 2. The van der Waals surface area contributed by atoms with Crippen LogP contribution in [0, 0.1) is 11.3 Å². The highest BCUT2D eigenvalue weighted by molar-refractivity contribution is 4.83. The van der Waals surface area contributed by atoms with Crippen LogP contribution in [0.4, 0.5) is 0 Å². The van der Waals surface area contributed by atoms with Crippen molar-refractivity contribution in [3.63, 3.8) is 0 Å². The van der Waals surface area contributed by atoms with Gasteiger partial charge in [-0.15, -0.1) is 0 Å². The quantitative estimate of drug-likeness (QED) is 0.797. The molecule has 2 rings (SSSR count). The number of rotatable bonds is 3. The van der Waals surface area contributed by atoms with Crippen LogP contribution < -0.4 is 5.32 Å². The van der Waals surface area contributed by atoms with Gasteiger partial charge in [-0.3, -0.25) is 0 Å². The molecule has 2 nitrogen and oxygen atoms in total. The molecule has 1 aliphatic heterocycles. The van der Waals surface area contributed by atoms with Gasteiger partial charge in [-0.25, -0.2) is 0 Å². The van der Waals surface area contributed by atoms with E-state index in [-0.39, 0.29) is 0 Å². The molecule has 2 aliphatic rings. The highest BCUT2D eigenvalue weighted by Gasteiger charge is 2.28. The third-order valence-electron chi connectivity index (χ3n) is 4.53. The van der Waals surface area contributed by atoms with Crippen molar-refractivity contribution in [2.24, 2.45) is 11.3 Å². The van der Waals surface area contributed by atoms with Crippen LogP contribution in [0.1, 0.15) is 52.4 Å². The normalized spacial score (nSPS) is 34.9. The van der Waals surface area contributed by atoms with Gasteiger partial charge in [0.2, 0.25) is 0 Å². The van der Waals surface area contributed by atoms with E-state index in [2.05, 4.69) is 19.2 Å². The third kappa shape index (κ3) is 3.46. The smallest absolute Gasteiger partial charge is 0.0471 e. The molecule has 2 heteroatoms. The fourth-order valence-corrected chi connectivity index (χ4v) is 2.90. The molecule has 0 radical (unpaired) electrons. The maximum absolute atomic E-state index is 5.44. The first kappa shape index (κ1) is 12.4. The van der Waals surface area contributed by atoms with Crippen LogP contribution in [0.3, 0.4) is 0 Å². The molecule has 0 atom stereocenters. The molecule has 1 N–H and O–H groups in total. The molecule has 94 valence electrons. The Hall–Kier alpha value is -0.0800. The topological polar surface area (TPSA) is 21.3 Å². The zero-order chi connectivity index (χ0) is 11.4. The molecular formula is C14H27NO. The Morgan fingerprint density at radius 2 is 1.75 bits per heavy atom. The SMILES string of the molecule is CC1CCC(NCC2(C)CCOCC2)CC1. The Labute approximate surface area is 100 Å². The van der Waals surface area contributed by atoms with Crippen LogP contribution in [0.5, 0.6) is 0 Å². The summed E-state index contributed by atoms with van der Waals surface area (Å²) in [5, 5.41) is 3.80. The molecule has 0 bridgehead atoms. The minimum absolute atomic E-state index is 0.487. The van der Waals surface area contributed by atoms with E-state index in [1.807, 2.05) is 0 Å². The van der Waals surface area contributed by atoms with Gasteiger partial charge < -0.3 is 10.1 Å². The molecule has 1 saturated heterocycles. The Bertz CT molecular complexity index is 203. The van der Waals surface area contributed by atoms with Gasteiger partial charge in [0.1, 0.15) is 0 Å². The molecule has 1 saturated carbocycles.